The molecule has 0 saturated heterocycles. The highest BCUT2D eigenvalue weighted by Gasteiger charge is 2.08. The summed E-state index contributed by atoms with van der Waals surface area (Å²) in [5, 5.41) is 5.39. The third kappa shape index (κ3) is 5.58. The summed E-state index contributed by atoms with van der Waals surface area (Å²) in [6.45, 7) is 0.226. The molecule has 0 aliphatic rings. The Labute approximate surface area is 148 Å². The van der Waals surface area contributed by atoms with Crippen LogP contribution in [0, 0.1) is 0 Å². The molecule has 6 nitrogen and oxygen atoms in total. The van der Waals surface area contributed by atoms with Crippen LogP contribution in [0.2, 0.25) is 0 Å². The maximum Gasteiger partial charge on any atom is 0.244 e. The maximum atomic E-state index is 12.0. The molecule has 0 atom stereocenters. The van der Waals surface area contributed by atoms with E-state index in [9.17, 15) is 9.59 Å². The molecule has 0 bridgehead atoms. The summed E-state index contributed by atoms with van der Waals surface area (Å²) < 4.78 is 11.1. The van der Waals surface area contributed by atoms with Gasteiger partial charge in [0, 0.05) is 23.5 Å². The molecule has 2 N–H and O–H groups in total. The van der Waals surface area contributed by atoms with Gasteiger partial charge in [-0.05, 0) is 36.4 Å². The minimum Gasteiger partial charge on any atom is -0.495 e. The van der Waals surface area contributed by atoms with Crippen LogP contribution >= 0.6 is 15.9 Å². The Morgan fingerprint density at radius 1 is 1.33 bits per heavy atom. The van der Waals surface area contributed by atoms with Crippen molar-refractivity contribution in [1.29, 1.82) is 0 Å². The predicted molar refractivity (Wildman–Crippen MR) is 94.7 cm³/mol. The summed E-state index contributed by atoms with van der Waals surface area (Å²) in [5.41, 5.74) is 0.570. The molecular weight excluding hydrogens is 376 g/mol. The average Bonchev–Trinajstić information content (AvgIpc) is 3.06. The number of methoxy groups -OCH3 is 1. The number of rotatable bonds is 7. The van der Waals surface area contributed by atoms with Crippen LogP contribution in [0.25, 0.3) is 6.08 Å². The molecule has 1 aromatic heterocycles. The molecule has 0 radical (unpaired) electrons. The number of hydrogen-bond donors (Lipinski definition) is 2. The molecule has 0 unspecified atom stereocenters. The van der Waals surface area contributed by atoms with E-state index in [1.54, 1.807) is 30.3 Å². The molecule has 2 rings (SSSR count). The van der Waals surface area contributed by atoms with Crippen molar-refractivity contribution in [2.24, 2.45) is 0 Å². The summed E-state index contributed by atoms with van der Waals surface area (Å²) in [4.78, 5) is 23.6. The molecule has 2 amide bonds. The van der Waals surface area contributed by atoms with E-state index in [-0.39, 0.29) is 24.8 Å². The van der Waals surface area contributed by atoms with Gasteiger partial charge in [0.05, 0.1) is 19.1 Å². The van der Waals surface area contributed by atoms with E-state index in [1.165, 1.54) is 19.4 Å². The van der Waals surface area contributed by atoms with E-state index in [1.807, 2.05) is 6.07 Å². The lowest BCUT2D eigenvalue weighted by molar-refractivity contribution is -0.117. The number of furan rings is 1. The number of carbonyl (C=O) groups excluding carboxylic acids is 2. The lowest BCUT2D eigenvalue weighted by atomic mass is 10.2. The molecule has 126 valence electrons. The number of benzene rings is 1. The zero-order valence-electron chi connectivity index (χ0n) is 13.0. The number of amides is 2. The number of halogens is 1. The van der Waals surface area contributed by atoms with Gasteiger partial charge in [0.25, 0.3) is 0 Å². The molecule has 2 aromatic rings. The fourth-order valence-corrected chi connectivity index (χ4v) is 2.25. The van der Waals surface area contributed by atoms with Crippen LogP contribution in [0.4, 0.5) is 5.69 Å². The summed E-state index contributed by atoms with van der Waals surface area (Å²) >= 11 is 3.34. The van der Waals surface area contributed by atoms with Gasteiger partial charge in [-0.2, -0.15) is 0 Å². The third-order valence-electron chi connectivity index (χ3n) is 3.03. The summed E-state index contributed by atoms with van der Waals surface area (Å²) in [6.07, 6.45) is 4.59. The van der Waals surface area contributed by atoms with Gasteiger partial charge in [0.15, 0.2) is 0 Å². The van der Waals surface area contributed by atoms with Crippen molar-refractivity contribution in [2.75, 3.05) is 19.0 Å². The normalized spacial score (nSPS) is 10.6. The number of carbonyl (C=O) groups is 2. The highest BCUT2D eigenvalue weighted by molar-refractivity contribution is 9.10. The minimum absolute atomic E-state index is 0.149. The first-order chi connectivity index (χ1) is 11.6. The van der Waals surface area contributed by atoms with Gasteiger partial charge in [-0.1, -0.05) is 15.9 Å². The minimum atomic E-state index is -0.292. The molecular formula is C17H17BrN2O4. The van der Waals surface area contributed by atoms with E-state index in [2.05, 4.69) is 26.6 Å². The first-order valence-corrected chi connectivity index (χ1v) is 8.00. The van der Waals surface area contributed by atoms with E-state index in [0.29, 0.717) is 17.2 Å². The first-order valence-electron chi connectivity index (χ1n) is 7.21. The SMILES string of the molecule is COc1ccc(Br)cc1NC(=O)CCNC(=O)/C=C/c1ccco1. The van der Waals surface area contributed by atoms with Crippen molar-refractivity contribution in [2.45, 2.75) is 6.42 Å². The highest BCUT2D eigenvalue weighted by Crippen LogP contribution is 2.27. The van der Waals surface area contributed by atoms with E-state index < -0.39 is 0 Å². The molecule has 0 saturated carbocycles. The Morgan fingerprint density at radius 2 is 2.17 bits per heavy atom. The lowest BCUT2D eigenvalue weighted by Gasteiger charge is -2.10. The van der Waals surface area contributed by atoms with Gasteiger partial charge in [-0.3, -0.25) is 9.59 Å². The second-order valence-corrected chi connectivity index (χ2v) is 5.70. The van der Waals surface area contributed by atoms with Gasteiger partial charge >= 0.3 is 0 Å². The molecule has 7 heteroatoms. The van der Waals surface area contributed by atoms with Crippen LogP contribution in [0.5, 0.6) is 5.75 Å². The zero-order valence-corrected chi connectivity index (χ0v) is 14.6. The van der Waals surface area contributed by atoms with Crippen LogP contribution in [0.1, 0.15) is 12.2 Å². The Kier molecular flexibility index (Phi) is 6.62. The van der Waals surface area contributed by atoms with Crippen LogP contribution in [-0.2, 0) is 9.59 Å². The molecule has 1 heterocycles. The number of anilines is 1. The highest BCUT2D eigenvalue weighted by atomic mass is 79.9. The van der Waals surface area contributed by atoms with Crippen LogP contribution in [-0.4, -0.2) is 25.5 Å². The maximum absolute atomic E-state index is 12.0. The van der Waals surface area contributed by atoms with Crippen LogP contribution in [0.3, 0.4) is 0 Å². The first kappa shape index (κ1) is 17.8. The fraction of sp³-hybridized carbons (Fsp3) is 0.176. The number of ether oxygens (including phenoxy) is 1. The molecule has 1 aromatic carbocycles. The Balaban J connectivity index is 1.77. The second kappa shape index (κ2) is 8.93. The van der Waals surface area contributed by atoms with Crippen molar-refractivity contribution in [3.05, 3.63) is 52.9 Å². The summed E-state index contributed by atoms with van der Waals surface area (Å²) in [5.74, 6) is 0.641. The average molecular weight is 393 g/mol. The number of hydrogen-bond acceptors (Lipinski definition) is 4. The van der Waals surface area contributed by atoms with Gasteiger partial charge in [-0.25, -0.2) is 0 Å². The Morgan fingerprint density at radius 3 is 2.88 bits per heavy atom. The molecule has 24 heavy (non-hydrogen) atoms. The van der Waals surface area contributed by atoms with Gasteiger partial charge in [0.2, 0.25) is 11.8 Å². The summed E-state index contributed by atoms with van der Waals surface area (Å²) in [7, 11) is 1.53. The van der Waals surface area contributed by atoms with Gasteiger partial charge in [-0.15, -0.1) is 0 Å². The van der Waals surface area contributed by atoms with Gasteiger partial charge < -0.3 is 19.8 Å². The molecule has 0 fully saturated rings. The van der Waals surface area contributed by atoms with Crippen molar-refractivity contribution in [1.82, 2.24) is 5.32 Å². The second-order valence-electron chi connectivity index (χ2n) is 4.78. The van der Waals surface area contributed by atoms with Crippen LogP contribution < -0.4 is 15.4 Å². The lowest BCUT2D eigenvalue weighted by Crippen LogP contribution is -2.26. The largest absolute Gasteiger partial charge is 0.495 e. The monoisotopic (exact) mass is 392 g/mol. The van der Waals surface area contributed by atoms with Crippen molar-refractivity contribution >= 4 is 39.5 Å². The standard InChI is InChI=1S/C17H17BrN2O4/c1-23-15-6-4-12(18)11-14(15)20-17(22)8-9-19-16(21)7-5-13-3-2-10-24-13/h2-7,10-11H,8-9H2,1H3,(H,19,21)(H,20,22)/b7-5+. The third-order valence-corrected chi connectivity index (χ3v) is 3.52. The van der Waals surface area contributed by atoms with Crippen molar-refractivity contribution < 1.29 is 18.7 Å². The number of nitrogens with one attached hydrogen (secondary N) is 2. The Bertz CT molecular complexity index is 726. The topological polar surface area (TPSA) is 80.6 Å². The van der Waals surface area contributed by atoms with E-state index in [0.717, 1.165) is 4.47 Å². The zero-order chi connectivity index (χ0) is 17.4. The molecule has 0 spiro atoms. The van der Waals surface area contributed by atoms with E-state index in [4.69, 9.17) is 9.15 Å². The van der Waals surface area contributed by atoms with Crippen molar-refractivity contribution in [3.63, 3.8) is 0 Å². The van der Waals surface area contributed by atoms with Crippen LogP contribution in [0.15, 0.2) is 51.6 Å². The molecule has 0 aliphatic heterocycles. The Hall–Kier alpha value is -2.54. The smallest absolute Gasteiger partial charge is 0.244 e. The summed E-state index contributed by atoms with van der Waals surface area (Å²) in [6, 6.07) is 8.79. The molecule has 0 aliphatic carbocycles. The predicted octanol–water partition coefficient (Wildman–Crippen LogP) is 3.21. The fourth-order valence-electron chi connectivity index (χ4n) is 1.89. The quantitative estimate of drug-likeness (QED) is 0.708. The van der Waals surface area contributed by atoms with Gasteiger partial charge in [0.1, 0.15) is 11.5 Å². The van der Waals surface area contributed by atoms with Crippen molar-refractivity contribution in [3.8, 4) is 5.75 Å². The van der Waals surface area contributed by atoms with E-state index >= 15 is 0 Å².